The van der Waals surface area contributed by atoms with Crippen molar-refractivity contribution in [2.45, 2.75) is 12.5 Å². The molecule has 0 spiro atoms. The number of quaternary nitrogens is 1. The summed E-state index contributed by atoms with van der Waals surface area (Å²) in [5, 5.41) is 1.47. The summed E-state index contributed by atoms with van der Waals surface area (Å²) in [6, 6.07) is 12.0. The van der Waals surface area contributed by atoms with E-state index in [1.165, 1.54) is 16.7 Å². The molecule has 1 unspecified atom stereocenters. The number of rotatable bonds is 1. The van der Waals surface area contributed by atoms with Gasteiger partial charge in [0.2, 0.25) is 0 Å². The number of benzene rings is 2. The van der Waals surface area contributed by atoms with E-state index in [4.69, 9.17) is 28.9 Å². The van der Waals surface area contributed by atoms with Crippen molar-refractivity contribution in [2.24, 2.45) is 0 Å². The highest BCUT2D eigenvalue weighted by Gasteiger charge is 2.34. The molecule has 4 heteroatoms. The fourth-order valence-corrected chi connectivity index (χ4v) is 3.77. The van der Waals surface area contributed by atoms with Crippen LogP contribution in [0.2, 0.25) is 10.0 Å². The predicted molar refractivity (Wildman–Crippen MR) is 89.8 cm³/mol. The predicted octanol–water partition coefficient (Wildman–Crippen LogP) is 4.30. The molecule has 2 aromatic rings. The van der Waals surface area contributed by atoms with Crippen LogP contribution < -0.4 is 5.73 Å². The van der Waals surface area contributed by atoms with Crippen LogP contribution in [-0.2, 0) is 6.54 Å². The van der Waals surface area contributed by atoms with Crippen LogP contribution in [0.4, 0.5) is 5.69 Å². The Morgan fingerprint density at radius 1 is 1.10 bits per heavy atom. The minimum Gasteiger partial charge on any atom is -0.399 e. The Balaban J connectivity index is 2.15. The lowest BCUT2D eigenvalue weighted by atomic mass is 9.84. The van der Waals surface area contributed by atoms with Gasteiger partial charge in [0.1, 0.15) is 6.54 Å². The second kappa shape index (κ2) is 5.20. The molecule has 21 heavy (non-hydrogen) atoms. The molecule has 0 saturated heterocycles. The summed E-state index contributed by atoms with van der Waals surface area (Å²) < 4.78 is 0.906. The van der Waals surface area contributed by atoms with Gasteiger partial charge in [0.25, 0.3) is 0 Å². The summed E-state index contributed by atoms with van der Waals surface area (Å²) in [5.41, 5.74) is 10.3. The van der Waals surface area contributed by atoms with E-state index in [1.54, 1.807) is 0 Å². The topological polar surface area (TPSA) is 26.0 Å². The van der Waals surface area contributed by atoms with E-state index in [2.05, 4.69) is 32.3 Å². The third kappa shape index (κ3) is 2.89. The van der Waals surface area contributed by atoms with Crippen molar-refractivity contribution in [3.63, 3.8) is 0 Å². The number of hydrogen-bond acceptors (Lipinski definition) is 1. The lowest BCUT2D eigenvalue weighted by Crippen LogP contribution is -2.46. The first-order valence-corrected chi connectivity index (χ1v) is 7.76. The lowest BCUT2D eigenvalue weighted by Gasteiger charge is -2.40. The number of nitrogen functional groups attached to an aromatic ring is 1. The molecule has 0 radical (unpaired) electrons. The lowest BCUT2D eigenvalue weighted by molar-refractivity contribution is -0.906. The van der Waals surface area contributed by atoms with Gasteiger partial charge < -0.3 is 10.2 Å². The first kappa shape index (κ1) is 14.7. The van der Waals surface area contributed by atoms with Gasteiger partial charge in [-0.2, -0.15) is 0 Å². The van der Waals surface area contributed by atoms with Gasteiger partial charge in [0.05, 0.1) is 31.6 Å². The zero-order chi connectivity index (χ0) is 15.2. The van der Waals surface area contributed by atoms with Gasteiger partial charge in [-0.3, -0.25) is 0 Å². The molecule has 0 fully saturated rings. The molecule has 0 aliphatic carbocycles. The van der Waals surface area contributed by atoms with E-state index in [0.29, 0.717) is 10.9 Å². The van der Waals surface area contributed by atoms with Gasteiger partial charge in [0, 0.05) is 16.3 Å². The summed E-state index contributed by atoms with van der Waals surface area (Å²) in [4.78, 5) is 0. The van der Waals surface area contributed by atoms with Crippen molar-refractivity contribution < 1.29 is 4.48 Å². The average molecular weight is 322 g/mol. The van der Waals surface area contributed by atoms with Crippen LogP contribution in [-0.4, -0.2) is 25.1 Å². The maximum Gasteiger partial charge on any atom is 0.106 e. The molecule has 0 saturated carbocycles. The van der Waals surface area contributed by atoms with E-state index in [9.17, 15) is 0 Å². The number of likely N-dealkylation sites (N-methyl/N-ethyl adjacent to an activating group) is 1. The van der Waals surface area contributed by atoms with Crippen LogP contribution in [0.15, 0.2) is 36.4 Å². The number of nitrogens with zero attached hydrogens (tertiary/aromatic N) is 1. The summed E-state index contributed by atoms with van der Waals surface area (Å²) in [5.74, 6) is 0.292. The van der Waals surface area contributed by atoms with Gasteiger partial charge in [-0.1, -0.05) is 35.3 Å². The van der Waals surface area contributed by atoms with Crippen molar-refractivity contribution in [1.82, 2.24) is 0 Å². The molecule has 2 N–H and O–H groups in total. The normalized spacial score (nSPS) is 20.1. The maximum atomic E-state index is 6.44. The quantitative estimate of drug-likeness (QED) is 0.615. The van der Waals surface area contributed by atoms with Crippen LogP contribution in [0.25, 0.3) is 0 Å². The van der Waals surface area contributed by atoms with Crippen molar-refractivity contribution in [3.8, 4) is 0 Å². The Morgan fingerprint density at radius 3 is 2.43 bits per heavy atom. The minimum atomic E-state index is 0.292. The SMILES string of the molecule is C[N+]1(C)Cc2c(Cl)cc(Cl)cc2C(c2ccc(N)cc2)C1. The summed E-state index contributed by atoms with van der Waals surface area (Å²) in [7, 11) is 4.47. The molecule has 2 aromatic carbocycles. The Labute approximate surface area is 135 Å². The van der Waals surface area contributed by atoms with Crippen LogP contribution >= 0.6 is 23.2 Å². The van der Waals surface area contributed by atoms with Crippen molar-refractivity contribution in [1.29, 1.82) is 0 Å². The Bertz CT molecular complexity index is 678. The molecule has 2 nitrogen and oxygen atoms in total. The van der Waals surface area contributed by atoms with Crippen molar-refractivity contribution >= 4 is 28.9 Å². The molecule has 3 rings (SSSR count). The summed E-state index contributed by atoms with van der Waals surface area (Å²) >= 11 is 12.7. The number of fused-ring (bicyclic) bond motifs is 1. The van der Waals surface area contributed by atoms with Crippen LogP contribution in [0, 0.1) is 0 Å². The Morgan fingerprint density at radius 2 is 1.76 bits per heavy atom. The first-order valence-electron chi connectivity index (χ1n) is 7.01. The smallest absolute Gasteiger partial charge is 0.106 e. The van der Waals surface area contributed by atoms with Crippen LogP contribution in [0.1, 0.15) is 22.6 Å². The standard InChI is InChI=1S/C17H19Cl2N2/c1-21(2)9-15(11-3-5-13(20)6-4-11)14-7-12(18)8-17(19)16(14)10-21/h3-8,15H,9-10,20H2,1-2H3/q+1. The van der Waals surface area contributed by atoms with E-state index in [0.717, 1.165) is 28.3 Å². The van der Waals surface area contributed by atoms with Crippen LogP contribution in [0.3, 0.4) is 0 Å². The molecular formula is C17H19Cl2N2+. The monoisotopic (exact) mass is 321 g/mol. The zero-order valence-electron chi connectivity index (χ0n) is 12.2. The van der Waals surface area contributed by atoms with Crippen LogP contribution in [0.5, 0.6) is 0 Å². The number of nitrogens with two attached hydrogens (primary N) is 1. The second-order valence-electron chi connectivity index (χ2n) is 6.45. The Kier molecular flexibility index (Phi) is 3.64. The van der Waals surface area contributed by atoms with Gasteiger partial charge in [-0.15, -0.1) is 0 Å². The summed E-state index contributed by atoms with van der Waals surface area (Å²) in [6.45, 7) is 1.95. The van der Waals surface area contributed by atoms with E-state index in [-0.39, 0.29) is 0 Å². The minimum absolute atomic E-state index is 0.292. The second-order valence-corrected chi connectivity index (χ2v) is 7.29. The molecular weight excluding hydrogens is 303 g/mol. The summed E-state index contributed by atoms with van der Waals surface area (Å²) in [6.07, 6.45) is 0. The highest BCUT2D eigenvalue weighted by molar-refractivity contribution is 6.35. The number of halogens is 2. The maximum absolute atomic E-state index is 6.44. The molecule has 1 aliphatic heterocycles. The van der Waals surface area contributed by atoms with Crippen molar-refractivity contribution in [2.75, 3.05) is 26.4 Å². The fraction of sp³-hybridized carbons (Fsp3) is 0.294. The molecule has 110 valence electrons. The first-order chi connectivity index (χ1) is 9.85. The number of hydrogen-bond donors (Lipinski definition) is 1. The largest absolute Gasteiger partial charge is 0.399 e. The Hall–Kier alpha value is -1.22. The number of anilines is 1. The van der Waals surface area contributed by atoms with E-state index >= 15 is 0 Å². The van der Waals surface area contributed by atoms with Gasteiger partial charge in [-0.05, 0) is 35.4 Å². The van der Waals surface area contributed by atoms with Gasteiger partial charge in [-0.25, -0.2) is 0 Å². The molecule has 1 aliphatic rings. The molecule has 0 aromatic heterocycles. The third-order valence-corrected chi connectivity index (χ3v) is 4.73. The average Bonchev–Trinajstić information content (AvgIpc) is 2.40. The molecule has 1 heterocycles. The van der Waals surface area contributed by atoms with E-state index in [1.807, 2.05) is 18.2 Å². The molecule has 0 amide bonds. The highest BCUT2D eigenvalue weighted by Crippen LogP contribution is 2.40. The molecule has 0 bridgehead atoms. The highest BCUT2D eigenvalue weighted by atomic mass is 35.5. The van der Waals surface area contributed by atoms with Crippen molar-refractivity contribution in [3.05, 3.63) is 63.1 Å². The molecule has 1 atom stereocenters. The zero-order valence-corrected chi connectivity index (χ0v) is 13.7. The van der Waals surface area contributed by atoms with Gasteiger partial charge in [0.15, 0.2) is 0 Å². The van der Waals surface area contributed by atoms with Gasteiger partial charge >= 0.3 is 0 Å². The van der Waals surface area contributed by atoms with E-state index < -0.39 is 0 Å². The third-order valence-electron chi connectivity index (χ3n) is 4.17. The fourth-order valence-electron chi connectivity index (χ4n) is 3.20.